The van der Waals surface area contributed by atoms with Crippen LogP contribution in [0.3, 0.4) is 0 Å². The van der Waals surface area contributed by atoms with Gasteiger partial charge in [0.05, 0.1) is 17.0 Å². The molecule has 0 unspecified atom stereocenters. The highest BCUT2D eigenvalue weighted by Crippen LogP contribution is 2.40. The minimum atomic E-state index is -3.62. The second-order valence-corrected chi connectivity index (χ2v) is 11.0. The van der Waals surface area contributed by atoms with E-state index in [0.29, 0.717) is 45.7 Å². The summed E-state index contributed by atoms with van der Waals surface area (Å²) in [5.74, 6) is -0.0845. The van der Waals surface area contributed by atoms with Crippen LogP contribution in [0.1, 0.15) is 37.0 Å². The van der Waals surface area contributed by atoms with Crippen molar-refractivity contribution in [2.24, 2.45) is 5.92 Å². The topological polar surface area (TPSA) is 88.4 Å². The molecule has 36 heavy (non-hydrogen) atoms. The highest BCUT2D eigenvalue weighted by molar-refractivity contribution is 7.92. The normalized spacial score (nSPS) is 11.7. The lowest BCUT2D eigenvalue weighted by Crippen LogP contribution is -2.18. The van der Waals surface area contributed by atoms with Crippen LogP contribution in [-0.4, -0.2) is 27.1 Å². The predicted molar refractivity (Wildman–Crippen MR) is 142 cm³/mol. The van der Waals surface area contributed by atoms with Gasteiger partial charge in [0.15, 0.2) is 0 Å². The maximum absolute atomic E-state index is 13.5. The van der Waals surface area contributed by atoms with Crippen LogP contribution in [0.2, 0.25) is 0 Å². The van der Waals surface area contributed by atoms with Crippen molar-refractivity contribution in [1.82, 2.24) is 5.32 Å². The number of carbonyl (C=O) groups excluding carboxylic acids is 1. The first-order valence-corrected chi connectivity index (χ1v) is 13.5. The van der Waals surface area contributed by atoms with E-state index >= 15 is 0 Å². The summed E-state index contributed by atoms with van der Waals surface area (Å²) in [5, 5.41) is 3.16. The largest absolute Gasteiger partial charge is 0.455 e. The van der Waals surface area contributed by atoms with Crippen LogP contribution >= 0.6 is 0 Å². The lowest BCUT2D eigenvalue weighted by molar-refractivity contribution is 0.0964. The van der Waals surface area contributed by atoms with Crippen LogP contribution in [-0.2, 0) is 10.0 Å². The second-order valence-electron chi connectivity index (χ2n) is 9.11. The second kappa shape index (κ2) is 10.5. The quantitative estimate of drug-likeness (QED) is 0.272. The summed E-state index contributed by atoms with van der Waals surface area (Å²) in [6.45, 7) is 4.11. The number of anilines is 1. The fourth-order valence-electron chi connectivity index (χ4n) is 4.14. The number of hydrogen-bond donors (Lipinski definition) is 2. The number of sulfonamides is 1. The van der Waals surface area contributed by atoms with E-state index in [1.807, 2.05) is 30.3 Å². The van der Waals surface area contributed by atoms with Crippen molar-refractivity contribution in [1.29, 1.82) is 0 Å². The molecule has 1 heterocycles. The Morgan fingerprint density at radius 2 is 1.69 bits per heavy atom. The van der Waals surface area contributed by atoms with Crippen molar-refractivity contribution in [2.75, 3.05) is 17.5 Å². The Morgan fingerprint density at radius 3 is 2.33 bits per heavy atom. The molecule has 0 spiro atoms. The van der Waals surface area contributed by atoms with Gasteiger partial charge in [-0.15, -0.1) is 0 Å². The molecule has 0 saturated heterocycles. The van der Waals surface area contributed by atoms with Gasteiger partial charge in [-0.05, 0) is 54.7 Å². The van der Waals surface area contributed by atoms with Gasteiger partial charge in [-0.1, -0.05) is 44.2 Å². The van der Waals surface area contributed by atoms with E-state index in [-0.39, 0.29) is 17.4 Å². The summed E-state index contributed by atoms with van der Waals surface area (Å²) in [6, 6.07) is 18.4. The zero-order valence-corrected chi connectivity index (χ0v) is 21.3. The summed E-state index contributed by atoms with van der Waals surface area (Å²) in [6.07, 6.45) is 1.35. The number of nitrogens with one attached hydrogen (secondary N) is 2. The zero-order chi connectivity index (χ0) is 25.9. The number of hydrogen-bond acceptors (Lipinski definition) is 4. The third kappa shape index (κ3) is 5.60. The summed E-state index contributed by atoms with van der Waals surface area (Å²) >= 11 is 0. The van der Waals surface area contributed by atoms with Crippen molar-refractivity contribution in [3.63, 3.8) is 0 Å². The maximum atomic E-state index is 13.5. The number of rotatable bonds is 9. The standard InChI is InChI=1S/C28H29FN2O4S/c1-18(2)8-7-15-36(33,34)31-24-17-25-23(16-22(24)19-9-5-4-6-10-19)26(28(32)30-3)27(35-25)20-11-13-21(29)14-12-20/h4-6,9-14,16-18,31H,7-8,15H2,1-3H3,(H,30,32). The molecule has 0 aliphatic rings. The summed E-state index contributed by atoms with van der Waals surface area (Å²) in [5.41, 5.74) is 2.93. The molecular formula is C28H29FN2O4S. The average Bonchev–Trinajstić information content (AvgIpc) is 3.21. The van der Waals surface area contributed by atoms with E-state index in [0.717, 1.165) is 12.0 Å². The van der Waals surface area contributed by atoms with Crippen LogP contribution in [0.4, 0.5) is 10.1 Å². The Labute approximate surface area is 210 Å². The first-order valence-electron chi connectivity index (χ1n) is 11.8. The van der Waals surface area contributed by atoms with Crippen LogP contribution in [0.25, 0.3) is 33.4 Å². The molecule has 8 heteroatoms. The smallest absolute Gasteiger partial charge is 0.255 e. The summed E-state index contributed by atoms with van der Waals surface area (Å²) in [7, 11) is -2.10. The fourth-order valence-corrected chi connectivity index (χ4v) is 5.29. The van der Waals surface area contributed by atoms with E-state index in [9.17, 15) is 17.6 Å². The SMILES string of the molecule is CNC(=O)c1c(-c2ccc(F)cc2)oc2cc(NS(=O)(=O)CCCC(C)C)c(-c3ccccc3)cc12. The van der Waals surface area contributed by atoms with Gasteiger partial charge in [-0.2, -0.15) is 0 Å². The number of benzene rings is 3. The van der Waals surface area contributed by atoms with Crippen molar-refractivity contribution in [3.8, 4) is 22.5 Å². The first-order chi connectivity index (χ1) is 17.2. The zero-order valence-electron chi connectivity index (χ0n) is 20.5. The fraction of sp³-hybridized carbons (Fsp3) is 0.250. The van der Waals surface area contributed by atoms with E-state index < -0.39 is 15.8 Å². The minimum Gasteiger partial charge on any atom is -0.455 e. The van der Waals surface area contributed by atoms with Gasteiger partial charge in [-0.3, -0.25) is 9.52 Å². The van der Waals surface area contributed by atoms with Crippen molar-refractivity contribution in [3.05, 3.63) is 78.1 Å². The molecule has 0 saturated carbocycles. The Bertz CT molecular complexity index is 1480. The first kappa shape index (κ1) is 25.4. The van der Waals surface area contributed by atoms with Gasteiger partial charge in [0.1, 0.15) is 17.2 Å². The molecule has 188 valence electrons. The highest BCUT2D eigenvalue weighted by Gasteiger charge is 2.24. The van der Waals surface area contributed by atoms with Crippen LogP contribution < -0.4 is 10.0 Å². The molecule has 4 aromatic rings. The lowest BCUT2D eigenvalue weighted by Gasteiger charge is -2.14. The third-order valence-electron chi connectivity index (χ3n) is 5.93. The molecule has 0 radical (unpaired) electrons. The summed E-state index contributed by atoms with van der Waals surface area (Å²) in [4.78, 5) is 12.9. The molecule has 0 aliphatic carbocycles. The van der Waals surface area contributed by atoms with Gasteiger partial charge in [0, 0.05) is 29.6 Å². The molecule has 6 nitrogen and oxygen atoms in total. The Kier molecular flexibility index (Phi) is 7.45. The molecule has 4 rings (SSSR count). The molecule has 3 aromatic carbocycles. The Hall–Kier alpha value is -3.65. The predicted octanol–water partition coefficient (Wildman–Crippen LogP) is 6.44. The molecule has 1 amide bonds. The van der Waals surface area contributed by atoms with Crippen molar-refractivity contribution < 1.29 is 22.0 Å². The van der Waals surface area contributed by atoms with Gasteiger partial charge < -0.3 is 9.73 Å². The third-order valence-corrected chi connectivity index (χ3v) is 7.29. The number of furan rings is 1. The monoisotopic (exact) mass is 508 g/mol. The molecule has 2 N–H and O–H groups in total. The number of amides is 1. The van der Waals surface area contributed by atoms with E-state index in [2.05, 4.69) is 23.9 Å². The van der Waals surface area contributed by atoms with Gasteiger partial charge >= 0.3 is 0 Å². The van der Waals surface area contributed by atoms with E-state index in [1.54, 1.807) is 12.1 Å². The van der Waals surface area contributed by atoms with Crippen LogP contribution in [0.15, 0.2) is 71.1 Å². The molecule has 0 atom stereocenters. The molecule has 0 bridgehead atoms. The highest BCUT2D eigenvalue weighted by atomic mass is 32.2. The van der Waals surface area contributed by atoms with Gasteiger partial charge in [0.25, 0.3) is 5.91 Å². The molecule has 0 fully saturated rings. The van der Waals surface area contributed by atoms with E-state index in [4.69, 9.17) is 4.42 Å². The van der Waals surface area contributed by atoms with Crippen LogP contribution in [0.5, 0.6) is 0 Å². The van der Waals surface area contributed by atoms with Gasteiger partial charge in [-0.25, -0.2) is 12.8 Å². The Morgan fingerprint density at radius 1 is 1.00 bits per heavy atom. The van der Waals surface area contributed by atoms with Crippen LogP contribution in [0, 0.1) is 11.7 Å². The molecule has 1 aromatic heterocycles. The van der Waals surface area contributed by atoms with Crippen molar-refractivity contribution in [2.45, 2.75) is 26.7 Å². The van der Waals surface area contributed by atoms with Gasteiger partial charge in [0.2, 0.25) is 10.0 Å². The maximum Gasteiger partial charge on any atom is 0.255 e. The van der Waals surface area contributed by atoms with E-state index in [1.165, 1.54) is 31.3 Å². The Balaban J connectivity index is 1.89. The van der Waals surface area contributed by atoms with Crippen molar-refractivity contribution >= 4 is 32.6 Å². The average molecular weight is 509 g/mol. The lowest BCUT2D eigenvalue weighted by atomic mass is 9.99. The number of carbonyl (C=O) groups is 1. The summed E-state index contributed by atoms with van der Waals surface area (Å²) < 4.78 is 48.2. The minimum absolute atomic E-state index is 0.0000777. The molecular weight excluding hydrogens is 479 g/mol. The number of fused-ring (bicyclic) bond motifs is 1. The number of halogens is 1. The molecule has 0 aliphatic heterocycles.